The molecule has 3 aromatic carbocycles. The van der Waals surface area contributed by atoms with Gasteiger partial charge in [-0.1, -0.05) is 56.3 Å². The Kier molecular flexibility index (Phi) is 9.49. The molecule has 0 aliphatic heterocycles. The molecule has 1 amide bonds. The van der Waals surface area contributed by atoms with Crippen LogP contribution < -0.4 is 10.3 Å². The number of hydrogen-bond acceptors (Lipinski definition) is 5. The van der Waals surface area contributed by atoms with Crippen LogP contribution in [0, 0.1) is 5.92 Å². The maximum absolute atomic E-state index is 13.8. The summed E-state index contributed by atoms with van der Waals surface area (Å²) in [6.07, 6.45) is 0.815. The quantitative estimate of drug-likeness (QED) is 0.228. The number of para-hydroxylation sites is 1. The first-order chi connectivity index (χ1) is 18.9. The molecule has 204 valence electrons. The van der Waals surface area contributed by atoms with Crippen LogP contribution in [0.1, 0.15) is 51.5 Å². The maximum atomic E-state index is 13.8. The minimum atomic E-state index is -0.472. The summed E-state index contributed by atoms with van der Waals surface area (Å²) in [5, 5.41) is 0.522. The average molecular weight is 528 g/mol. The zero-order valence-corrected chi connectivity index (χ0v) is 23.2. The third-order valence-electron chi connectivity index (χ3n) is 6.65. The smallest absolute Gasteiger partial charge is 0.266 e. The Balaban J connectivity index is 1.71. The molecule has 0 aliphatic rings. The highest BCUT2D eigenvalue weighted by Crippen LogP contribution is 2.25. The molecule has 0 radical (unpaired) electrons. The maximum Gasteiger partial charge on any atom is 0.266 e. The van der Waals surface area contributed by atoms with Crippen molar-refractivity contribution < 1.29 is 14.3 Å². The molecule has 0 spiro atoms. The van der Waals surface area contributed by atoms with Crippen LogP contribution in [0.15, 0.2) is 83.7 Å². The summed E-state index contributed by atoms with van der Waals surface area (Å²) >= 11 is 0. The van der Waals surface area contributed by atoms with E-state index < -0.39 is 6.04 Å². The van der Waals surface area contributed by atoms with Crippen LogP contribution in [-0.4, -0.2) is 40.1 Å². The van der Waals surface area contributed by atoms with Gasteiger partial charge in [0.15, 0.2) is 0 Å². The van der Waals surface area contributed by atoms with E-state index in [9.17, 15) is 9.59 Å². The van der Waals surface area contributed by atoms with E-state index in [1.807, 2.05) is 86.6 Å². The van der Waals surface area contributed by atoms with E-state index in [-0.39, 0.29) is 18.1 Å². The Hall–Kier alpha value is -3.97. The summed E-state index contributed by atoms with van der Waals surface area (Å²) in [7, 11) is 0. The van der Waals surface area contributed by atoms with Crippen molar-refractivity contribution in [2.75, 3.05) is 19.8 Å². The van der Waals surface area contributed by atoms with Gasteiger partial charge in [0.2, 0.25) is 5.91 Å². The summed E-state index contributed by atoms with van der Waals surface area (Å²) in [5.41, 5.74) is 2.10. The fourth-order valence-electron chi connectivity index (χ4n) is 4.52. The SMILES string of the molecule is CCOc1ccc(-n2c(C(C)N(CCC(C)C)C(=O)COCc3ccccc3)nc3ccccc3c2=O)cc1. The van der Waals surface area contributed by atoms with Gasteiger partial charge >= 0.3 is 0 Å². The zero-order chi connectivity index (χ0) is 27.8. The van der Waals surface area contributed by atoms with Gasteiger partial charge in [0.25, 0.3) is 5.56 Å². The predicted molar refractivity (Wildman–Crippen MR) is 154 cm³/mol. The van der Waals surface area contributed by atoms with E-state index in [2.05, 4.69) is 13.8 Å². The molecule has 0 bridgehead atoms. The minimum absolute atomic E-state index is 0.0573. The number of nitrogens with zero attached hydrogens (tertiary/aromatic N) is 3. The summed E-state index contributed by atoms with van der Waals surface area (Å²) in [4.78, 5) is 34.1. The number of aromatic nitrogens is 2. The van der Waals surface area contributed by atoms with Crippen molar-refractivity contribution in [3.8, 4) is 11.4 Å². The first kappa shape index (κ1) is 28.0. The molecular formula is C32H37N3O4. The normalized spacial score (nSPS) is 12.0. The molecule has 4 rings (SSSR count). The van der Waals surface area contributed by atoms with Gasteiger partial charge in [-0.05, 0) is 68.1 Å². The van der Waals surface area contributed by atoms with Crippen molar-refractivity contribution in [1.29, 1.82) is 0 Å². The van der Waals surface area contributed by atoms with Gasteiger partial charge in [-0.3, -0.25) is 14.2 Å². The monoisotopic (exact) mass is 527 g/mol. The van der Waals surface area contributed by atoms with Gasteiger partial charge in [-0.15, -0.1) is 0 Å². The van der Waals surface area contributed by atoms with Crippen molar-refractivity contribution in [2.45, 2.75) is 46.8 Å². The first-order valence-corrected chi connectivity index (χ1v) is 13.5. The van der Waals surface area contributed by atoms with Gasteiger partial charge in [0.1, 0.15) is 18.2 Å². The Morgan fingerprint density at radius 3 is 2.33 bits per heavy atom. The number of benzene rings is 3. The summed E-state index contributed by atoms with van der Waals surface area (Å²) in [6.45, 7) is 9.49. The van der Waals surface area contributed by atoms with Gasteiger partial charge in [-0.2, -0.15) is 0 Å². The molecule has 4 aromatic rings. The van der Waals surface area contributed by atoms with Crippen LogP contribution in [0.3, 0.4) is 0 Å². The molecule has 7 nitrogen and oxygen atoms in total. The third-order valence-corrected chi connectivity index (χ3v) is 6.65. The van der Waals surface area contributed by atoms with Gasteiger partial charge < -0.3 is 14.4 Å². The largest absolute Gasteiger partial charge is 0.494 e. The second-order valence-electron chi connectivity index (χ2n) is 9.98. The molecule has 1 atom stereocenters. The molecule has 1 heterocycles. The van der Waals surface area contributed by atoms with Crippen LogP contribution >= 0.6 is 0 Å². The van der Waals surface area contributed by atoms with Crippen LogP contribution in [0.2, 0.25) is 0 Å². The summed E-state index contributed by atoms with van der Waals surface area (Å²) in [6, 6.07) is 24.0. The van der Waals surface area contributed by atoms with Crippen LogP contribution in [0.5, 0.6) is 5.75 Å². The van der Waals surface area contributed by atoms with Crippen molar-refractivity contribution >= 4 is 16.8 Å². The van der Waals surface area contributed by atoms with Crippen LogP contribution in [0.4, 0.5) is 0 Å². The Labute approximate surface area is 230 Å². The molecule has 1 unspecified atom stereocenters. The highest BCUT2D eigenvalue weighted by Gasteiger charge is 2.27. The fraction of sp³-hybridized carbons (Fsp3) is 0.344. The molecule has 0 N–H and O–H groups in total. The Bertz CT molecular complexity index is 1430. The third kappa shape index (κ3) is 6.92. The number of hydrogen-bond donors (Lipinski definition) is 0. The lowest BCUT2D eigenvalue weighted by Gasteiger charge is -2.31. The number of fused-ring (bicyclic) bond motifs is 1. The Morgan fingerprint density at radius 2 is 1.64 bits per heavy atom. The lowest BCUT2D eigenvalue weighted by molar-refractivity contribution is -0.139. The zero-order valence-electron chi connectivity index (χ0n) is 23.2. The van der Waals surface area contributed by atoms with Gasteiger partial charge in [0.05, 0.1) is 35.8 Å². The van der Waals surface area contributed by atoms with E-state index in [1.54, 1.807) is 15.5 Å². The molecule has 39 heavy (non-hydrogen) atoms. The minimum Gasteiger partial charge on any atom is -0.494 e. The first-order valence-electron chi connectivity index (χ1n) is 13.5. The van der Waals surface area contributed by atoms with Crippen molar-refractivity contribution in [2.24, 2.45) is 5.92 Å². The second-order valence-corrected chi connectivity index (χ2v) is 9.98. The predicted octanol–water partition coefficient (Wildman–Crippen LogP) is 5.94. The van der Waals surface area contributed by atoms with Crippen molar-refractivity contribution in [3.63, 3.8) is 0 Å². The lowest BCUT2D eigenvalue weighted by atomic mass is 10.1. The number of carbonyl (C=O) groups is 1. The van der Waals surface area contributed by atoms with E-state index in [0.717, 1.165) is 17.7 Å². The van der Waals surface area contributed by atoms with E-state index in [1.165, 1.54) is 0 Å². The van der Waals surface area contributed by atoms with E-state index >= 15 is 0 Å². The average Bonchev–Trinajstić information content (AvgIpc) is 2.94. The van der Waals surface area contributed by atoms with Gasteiger partial charge in [-0.25, -0.2) is 4.98 Å². The summed E-state index contributed by atoms with van der Waals surface area (Å²) < 4.78 is 13.0. The Morgan fingerprint density at radius 1 is 0.949 bits per heavy atom. The standard InChI is InChI=1S/C32H37N3O4/c1-5-39-27-17-15-26(16-18-27)35-31(33-29-14-10-9-13-28(29)32(35)37)24(4)34(20-19-23(2)3)30(36)22-38-21-25-11-7-6-8-12-25/h6-18,23-24H,5,19-22H2,1-4H3. The molecule has 1 aromatic heterocycles. The number of amides is 1. The molecule has 0 fully saturated rings. The van der Waals surface area contributed by atoms with Gasteiger partial charge in [0, 0.05) is 6.54 Å². The molecule has 7 heteroatoms. The molecular weight excluding hydrogens is 490 g/mol. The van der Waals surface area contributed by atoms with Crippen LogP contribution in [-0.2, 0) is 16.1 Å². The van der Waals surface area contributed by atoms with Crippen LogP contribution in [0.25, 0.3) is 16.6 Å². The lowest BCUT2D eigenvalue weighted by Crippen LogP contribution is -2.40. The highest BCUT2D eigenvalue weighted by molar-refractivity contribution is 5.79. The number of ether oxygens (including phenoxy) is 2. The number of carbonyl (C=O) groups excluding carboxylic acids is 1. The topological polar surface area (TPSA) is 73.7 Å². The highest BCUT2D eigenvalue weighted by atomic mass is 16.5. The molecule has 0 saturated carbocycles. The molecule has 0 aliphatic carbocycles. The van der Waals surface area contributed by atoms with Crippen molar-refractivity contribution in [1.82, 2.24) is 14.5 Å². The van der Waals surface area contributed by atoms with Crippen molar-refractivity contribution in [3.05, 3.63) is 101 Å². The number of rotatable bonds is 12. The fourth-order valence-corrected chi connectivity index (χ4v) is 4.52. The second kappa shape index (κ2) is 13.2. The van der Waals surface area contributed by atoms with E-state index in [4.69, 9.17) is 14.5 Å². The summed E-state index contributed by atoms with van der Waals surface area (Å²) in [5.74, 6) is 1.49. The molecule has 0 saturated heterocycles. The van der Waals surface area contributed by atoms with E-state index in [0.29, 0.717) is 48.1 Å².